The van der Waals surface area contributed by atoms with E-state index >= 15 is 0 Å². The van der Waals surface area contributed by atoms with Crippen LogP contribution in [0.3, 0.4) is 0 Å². The monoisotopic (exact) mass is 287 g/mol. The van der Waals surface area contributed by atoms with Gasteiger partial charge in [0.2, 0.25) is 0 Å². The fourth-order valence-corrected chi connectivity index (χ4v) is 2.71. The van der Waals surface area contributed by atoms with Gasteiger partial charge in [-0.05, 0) is 12.8 Å². The van der Waals surface area contributed by atoms with E-state index in [0.29, 0.717) is 6.61 Å². The van der Waals surface area contributed by atoms with Gasteiger partial charge in [0.15, 0.2) is 0 Å². The predicted molar refractivity (Wildman–Crippen MR) is 81.6 cm³/mol. The minimum atomic E-state index is -0.621. The molecule has 0 spiro atoms. The first-order chi connectivity index (χ1) is 9.76. The van der Waals surface area contributed by atoms with Crippen molar-refractivity contribution >= 4 is 0 Å². The van der Waals surface area contributed by atoms with Crippen molar-refractivity contribution in [3.8, 4) is 0 Å². The molecule has 1 aliphatic rings. The van der Waals surface area contributed by atoms with Crippen LogP contribution in [0.25, 0.3) is 0 Å². The lowest BCUT2D eigenvalue weighted by Gasteiger charge is -2.23. The van der Waals surface area contributed by atoms with Crippen molar-refractivity contribution in [2.24, 2.45) is 0 Å². The van der Waals surface area contributed by atoms with E-state index in [1.165, 1.54) is 51.4 Å². The second kappa shape index (κ2) is 10.6. The number of ether oxygens (including phenoxy) is 1. The van der Waals surface area contributed by atoms with Crippen LogP contribution in [0.15, 0.2) is 0 Å². The fourth-order valence-electron chi connectivity index (χ4n) is 2.71. The summed E-state index contributed by atoms with van der Waals surface area (Å²) in [6.45, 7) is 2.51. The van der Waals surface area contributed by atoms with Gasteiger partial charge in [-0.15, -0.1) is 0 Å². The number of aliphatic hydroxyl groups excluding tert-OH is 2. The Labute approximate surface area is 123 Å². The van der Waals surface area contributed by atoms with Crippen LogP contribution >= 0.6 is 0 Å². The van der Waals surface area contributed by atoms with E-state index in [0.717, 1.165) is 12.8 Å². The van der Waals surface area contributed by atoms with Gasteiger partial charge in [0.05, 0.1) is 25.4 Å². The molecular weight excluding hydrogens is 254 g/mol. The minimum absolute atomic E-state index is 0.00106. The van der Waals surface area contributed by atoms with E-state index in [1.807, 2.05) is 0 Å². The van der Waals surface area contributed by atoms with Gasteiger partial charge in [-0.3, -0.25) is 5.32 Å². The molecule has 4 nitrogen and oxygen atoms in total. The van der Waals surface area contributed by atoms with E-state index in [-0.39, 0.29) is 19.4 Å². The second-order valence-electron chi connectivity index (χ2n) is 6.16. The molecule has 0 saturated carbocycles. The standard InChI is InChI=1S/C16H33NO3/c1-2-3-4-5-6-7-8-9-10-11-15-17-16(12-18,13-19)14-20-15/h15,17-19H,2-14H2,1H3. The van der Waals surface area contributed by atoms with Gasteiger partial charge in [0, 0.05) is 0 Å². The Hall–Kier alpha value is -0.160. The summed E-state index contributed by atoms with van der Waals surface area (Å²) in [7, 11) is 0. The van der Waals surface area contributed by atoms with Crippen molar-refractivity contribution in [1.29, 1.82) is 0 Å². The Kier molecular flexibility index (Phi) is 9.44. The maximum atomic E-state index is 9.26. The van der Waals surface area contributed by atoms with E-state index in [4.69, 9.17) is 4.74 Å². The third-order valence-electron chi connectivity index (χ3n) is 4.20. The molecule has 1 saturated heterocycles. The lowest BCUT2D eigenvalue weighted by atomic mass is 10.0. The van der Waals surface area contributed by atoms with Crippen LogP contribution in [0.4, 0.5) is 0 Å². The number of unbranched alkanes of at least 4 members (excludes halogenated alkanes) is 8. The number of nitrogens with one attached hydrogen (secondary N) is 1. The molecule has 0 bridgehead atoms. The molecule has 1 unspecified atom stereocenters. The molecule has 0 aromatic heterocycles. The Bertz CT molecular complexity index is 232. The zero-order valence-corrected chi connectivity index (χ0v) is 13.1. The first kappa shape index (κ1) is 17.9. The lowest BCUT2D eigenvalue weighted by molar-refractivity contribution is 0.0724. The first-order valence-corrected chi connectivity index (χ1v) is 8.37. The molecule has 0 aromatic rings. The van der Waals surface area contributed by atoms with Gasteiger partial charge in [-0.2, -0.15) is 0 Å². The van der Waals surface area contributed by atoms with Crippen molar-refractivity contribution in [3.63, 3.8) is 0 Å². The first-order valence-electron chi connectivity index (χ1n) is 8.37. The molecule has 4 heteroatoms. The van der Waals surface area contributed by atoms with E-state index in [9.17, 15) is 10.2 Å². The molecule has 0 radical (unpaired) electrons. The molecule has 20 heavy (non-hydrogen) atoms. The molecule has 120 valence electrons. The molecule has 1 atom stereocenters. The normalized spacial score (nSPS) is 21.4. The zero-order valence-electron chi connectivity index (χ0n) is 13.1. The molecule has 1 aliphatic heterocycles. The zero-order chi connectivity index (χ0) is 14.7. The van der Waals surface area contributed by atoms with Crippen LogP contribution < -0.4 is 5.32 Å². The fraction of sp³-hybridized carbons (Fsp3) is 1.00. The maximum absolute atomic E-state index is 9.26. The summed E-state index contributed by atoms with van der Waals surface area (Å²) >= 11 is 0. The highest BCUT2D eigenvalue weighted by molar-refractivity contribution is 4.92. The van der Waals surface area contributed by atoms with E-state index in [2.05, 4.69) is 12.2 Å². The summed E-state index contributed by atoms with van der Waals surface area (Å²) in [5, 5.41) is 21.7. The Morgan fingerprint density at radius 1 is 0.950 bits per heavy atom. The number of hydrogen-bond donors (Lipinski definition) is 3. The van der Waals surface area contributed by atoms with Crippen LogP contribution in [0.1, 0.15) is 71.1 Å². The third kappa shape index (κ3) is 6.53. The topological polar surface area (TPSA) is 61.7 Å². The van der Waals surface area contributed by atoms with Crippen LogP contribution in [0.5, 0.6) is 0 Å². The molecule has 3 N–H and O–H groups in total. The highest BCUT2D eigenvalue weighted by Crippen LogP contribution is 2.19. The average molecular weight is 287 g/mol. The summed E-state index contributed by atoms with van der Waals surface area (Å²) in [4.78, 5) is 0. The van der Waals surface area contributed by atoms with Crippen LogP contribution in [-0.4, -0.2) is 41.8 Å². The Balaban J connectivity index is 1.92. The summed E-state index contributed by atoms with van der Waals surface area (Å²) in [6.07, 6.45) is 12.9. The predicted octanol–water partition coefficient (Wildman–Crippen LogP) is 2.58. The largest absolute Gasteiger partial charge is 0.394 e. The Morgan fingerprint density at radius 3 is 2.00 bits per heavy atom. The third-order valence-corrected chi connectivity index (χ3v) is 4.20. The van der Waals surface area contributed by atoms with Crippen LogP contribution in [0, 0.1) is 0 Å². The van der Waals surface area contributed by atoms with Crippen molar-refractivity contribution in [3.05, 3.63) is 0 Å². The van der Waals surface area contributed by atoms with Gasteiger partial charge >= 0.3 is 0 Å². The minimum Gasteiger partial charge on any atom is -0.394 e. The number of aliphatic hydroxyl groups is 2. The quantitative estimate of drug-likeness (QED) is 0.483. The smallest absolute Gasteiger partial charge is 0.108 e. The van der Waals surface area contributed by atoms with Crippen molar-refractivity contribution < 1.29 is 14.9 Å². The molecule has 1 fully saturated rings. The van der Waals surface area contributed by atoms with Crippen LogP contribution in [0.2, 0.25) is 0 Å². The molecule has 0 aliphatic carbocycles. The van der Waals surface area contributed by atoms with Crippen molar-refractivity contribution in [2.45, 2.75) is 82.9 Å². The van der Waals surface area contributed by atoms with Gasteiger partial charge in [0.25, 0.3) is 0 Å². The van der Waals surface area contributed by atoms with Gasteiger partial charge in [-0.25, -0.2) is 0 Å². The average Bonchev–Trinajstić information content (AvgIpc) is 2.90. The van der Waals surface area contributed by atoms with Gasteiger partial charge in [0.1, 0.15) is 6.23 Å². The van der Waals surface area contributed by atoms with Crippen LogP contribution in [-0.2, 0) is 4.74 Å². The van der Waals surface area contributed by atoms with Gasteiger partial charge < -0.3 is 14.9 Å². The molecule has 0 amide bonds. The number of hydrogen-bond acceptors (Lipinski definition) is 4. The van der Waals surface area contributed by atoms with E-state index < -0.39 is 5.54 Å². The highest BCUT2D eigenvalue weighted by atomic mass is 16.5. The van der Waals surface area contributed by atoms with Crippen molar-refractivity contribution in [2.75, 3.05) is 19.8 Å². The summed E-state index contributed by atoms with van der Waals surface area (Å²) < 4.78 is 5.59. The number of rotatable bonds is 12. The lowest BCUT2D eigenvalue weighted by Crippen LogP contribution is -2.51. The molecule has 0 aromatic carbocycles. The van der Waals surface area contributed by atoms with Gasteiger partial charge in [-0.1, -0.05) is 58.3 Å². The summed E-state index contributed by atoms with van der Waals surface area (Å²) in [5.41, 5.74) is -0.621. The van der Waals surface area contributed by atoms with Crippen molar-refractivity contribution in [1.82, 2.24) is 5.32 Å². The molecule has 1 rings (SSSR count). The second-order valence-corrected chi connectivity index (χ2v) is 6.16. The summed E-state index contributed by atoms with van der Waals surface area (Å²) in [6, 6.07) is 0. The SMILES string of the molecule is CCCCCCCCCCCC1NC(CO)(CO)CO1. The molecule has 1 heterocycles. The molecular formula is C16H33NO3. The highest BCUT2D eigenvalue weighted by Gasteiger charge is 2.38. The Morgan fingerprint density at radius 2 is 1.50 bits per heavy atom. The summed E-state index contributed by atoms with van der Waals surface area (Å²) in [5.74, 6) is 0. The van der Waals surface area contributed by atoms with E-state index in [1.54, 1.807) is 0 Å². The maximum Gasteiger partial charge on any atom is 0.108 e.